The molecule has 0 bridgehead atoms. The zero-order valence-electron chi connectivity index (χ0n) is 13.3. The van der Waals surface area contributed by atoms with E-state index in [1.54, 1.807) is 0 Å². The van der Waals surface area contributed by atoms with Crippen LogP contribution in [0.25, 0.3) is 11.5 Å². The molecule has 0 aliphatic carbocycles. The first-order valence-electron chi connectivity index (χ1n) is 7.49. The highest BCUT2D eigenvalue weighted by Gasteiger charge is 2.13. The molecule has 3 aromatic rings. The lowest BCUT2D eigenvalue weighted by Crippen LogP contribution is -2.42. The van der Waals surface area contributed by atoms with Crippen LogP contribution in [0.4, 0.5) is 4.39 Å². The van der Waals surface area contributed by atoms with Gasteiger partial charge >= 0.3 is 0 Å². The summed E-state index contributed by atoms with van der Waals surface area (Å²) in [5.74, 6) is -1.63. The molecule has 3 rings (SSSR count). The fourth-order valence-electron chi connectivity index (χ4n) is 1.97. The molecule has 0 radical (unpaired) electrons. The SMILES string of the molecule is O=C(CSc1nnc(-c2ccccc2)o1)NNC(=O)c1ccccc1F. The first-order chi connectivity index (χ1) is 12.6. The molecule has 2 N–H and O–H groups in total. The maximum atomic E-state index is 13.5. The Labute approximate surface area is 152 Å². The third-order valence-corrected chi connectivity index (χ3v) is 4.01. The molecular weight excluding hydrogens is 359 g/mol. The summed E-state index contributed by atoms with van der Waals surface area (Å²) in [6, 6.07) is 14.7. The zero-order valence-corrected chi connectivity index (χ0v) is 14.1. The van der Waals surface area contributed by atoms with Crippen LogP contribution in [0.5, 0.6) is 0 Å². The van der Waals surface area contributed by atoms with Crippen LogP contribution in [0, 0.1) is 5.82 Å². The molecule has 0 saturated heterocycles. The fraction of sp³-hybridized carbons (Fsp3) is 0.0588. The molecule has 26 heavy (non-hydrogen) atoms. The minimum Gasteiger partial charge on any atom is -0.411 e. The standard InChI is InChI=1S/C17H13FN4O3S/c18-13-9-5-4-8-12(13)15(24)20-19-14(23)10-26-17-22-21-16(25-17)11-6-2-1-3-7-11/h1-9H,10H2,(H,19,23)(H,20,24). The van der Waals surface area contributed by atoms with Crippen molar-refractivity contribution in [2.45, 2.75) is 5.22 Å². The van der Waals surface area contributed by atoms with Gasteiger partial charge in [-0.15, -0.1) is 10.2 Å². The average molecular weight is 372 g/mol. The van der Waals surface area contributed by atoms with Gasteiger partial charge < -0.3 is 4.42 Å². The van der Waals surface area contributed by atoms with Gasteiger partial charge in [0, 0.05) is 5.56 Å². The summed E-state index contributed by atoms with van der Waals surface area (Å²) >= 11 is 1.02. The minimum absolute atomic E-state index is 0.0615. The molecule has 2 aromatic carbocycles. The number of amides is 2. The van der Waals surface area contributed by atoms with Gasteiger partial charge in [0.1, 0.15) is 5.82 Å². The highest BCUT2D eigenvalue weighted by atomic mass is 32.2. The predicted octanol–water partition coefficient (Wildman–Crippen LogP) is 2.43. The largest absolute Gasteiger partial charge is 0.411 e. The van der Waals surface area contributed by atoms with Crippen LogP contribution < -0.4 is 10.9 Å². The van der Waals surface area contributed by atoms with Gasteiger partial charge in [-0.2, -0.15) is 0 Å². The third kappa shape index (κ3) is 4.45. The van der Waals surface area contributed by atoms with Gasteiger partial charge in [0.2, 0.25) is 11.8 Å². The van der Waals surface area contributed by atoms with Gasteiger partial charge in [-0.25, -0.2) is 4.39 Å². The van der Waals surface area contributed by atoms with Crippen molar-refractivity contribution in [1.82, 2.24) is 21.0 Å². The Morgan fingerprint density at radius 2 is 1.73 bits per heavy atom. The Hall–Kier alpha value is -3.20. The Morgan fingerprint density at radius 3 is 2.50 bits per heavy atom. The number of hydrogen-bond donors (Lipinski definition) is 2. The van der Waals surface area contributed by atoms with E-state index in [-0.39, 0.29) is 16.5 Å². The Kier molecular flexibility index (Phi) is 5.59. The molecule has 0 atom stereocenters. The van der Waals surface area contributed by atoms with Crippen LogP contribution >= 0.6 is 11.8 Å². The van der Waals surface area contributed by atoms with Gasteiger partial charge in [0.05, 0.1) is 11.3 Å². The number of hydrogen-bond acceptors (Lipinski definition) is 6. The summed E-state index contributed by atoms with van der Waals surface area (Å²) in [5, 5.41) is 7.98. The Morgan fingerprint density at radius 1 is 1.00 bits per heavy atom. The number of carbonyl (C=O) groups is 2. The highest BCUT2D eigenvalue weighted by molar-refractivity contribution is 7.99. The molecule has 0 spiro atoms. The van der Waals surface area contributed by atoms with Crippen LogP contribution in [0.2, 0.25) is 0 Å². The predicted molar refractivity (Wildman–Crippen MR) is 92.5 cm³/mol. The molecule has 0 aliphatic rings. The lowest BCUT2D eigenvalue weighted by Gasteiger charge is -2.07. The van der Waals surface area contributed by atoms with Crippen molar-refractivity contribution in [2.75, 3.05) is 5.75 Å². The van der Waals surface area contributed by atoms with Crippen molar-refractivity contribution in [3.8, 4) is 11.5 Å². The number of nitrogens with one attached hydrogen (secondary N) is 2. The van der Waals surface area contributed by atoms with Crippen molar-refractivity contribution < 1.29 is 18.4 Å². The van der Waals surface area contributed by atoms with E-state index in [4.69, 9.17) is 4.42 Å². The van der Waals surface area contributed by atoms with Crippen LogP contribution in [-0.4, -0.2) is 27.8 Å². The molecule has 132 valence electrons. The summed E-state index contributed by atoms with van der Waals surface area (Å²) in [6.07, 6.45) is 0. The van der Waals surface area contributed by atoms with E-state index in [2.05, 4.69) is 21.0 Å². The fourth-order valence-corrected chi connectivity index (χ4v) is 2.53. The van der Waals surface area contributed by atoms with Crippen molar-refractivity contribution in [3.05, 3.63) is 66.0 Å². The maximum Gasteiger partial charge on any atom is 0.277 e. The van der Waals surface area contributed by atoms with Gasteiger partial charge in [-0.1, -0.05) is 42.1 Å². The van der Waals surface area contributed by atoms with E-state index in [0.717, 1.165) is 23.4 Å². The number of carbonyl (C=O) groups excluding carboxylic acids is 2. The van der Waals surface area contributed by atoms with Crippen LogP contribution in [0.15, 0.2) is 64.2 Å². The van der Waals surface area contributed by atoms with E-state index in [9.17, 15) is 14.0 Å². The second-order valence-electron chi connectivity index (χ2n) is 5.01. The summed E-state index contributed by atoms with van der Waals surface area (Å²) in [5.41, 5.74) is 4.96. The van der Waals surface area contributed by atoms with Gasteiger partial charge in [0.25, 0.3) is 11.1 Å². The number of rotatable bonds is 5. The topological polar surface area (TPSA) is 97.1 Å². The van der Waals surface area contributed by atoms with Crippen molar-refractivity contribution >= 4 is 23.6 Å². The molecule has 0 unspecified atom stereocenters. The van der Waals surface area contributed by atoms with Crippen LogP contribution in [-0.2, 0) is 4.79 Å². The molecule has 1 heterocycles. The normalized spacial score (nSPS) is 10.3. The first-order valence-corrected chi connectivity index (χ1v) is 8.47. The van der Waals surface area contributed by atoms with Crippen molar-refractivity contribution in [2.24, 2.45) is 0 Å². The number of hydrazine groups is 1. The summed E-state index contributed by atoms with van der Waals surface area (Å²) in [7, 11) is 0. The Balaban J connectivity index is 1.48. The minimum atomic E-state index is -0.745. The second kappa shape index (κ2) is 8.26. The van der Waals surface area contributed by atoms with Crippen molar-refractivity contribution in [3.63, 3.8) is 0 Å². The molecular formula is C17H13FN4O3S. The molecule has 0 saturated carbocycles. The zero-order chi connectivity index (χ0) is 18.4. The smallest absolute Gasteiger partial charge is 0.277 e. The van der Waals surface area contributed by atoms with E-state index < -0.39 is 17.6 Å². The number of nitrogens with zero attached hydrogens (tertiary/aromatic N) is 2. The molecule has 1 aromatic heterocycles. The molecule has 0 aliphatic heterocycles. The lowest BCUT2D eigenvalue weighted by atomic mass is 10.2. The summed E-state index contributed by atoms with van der Waals surface area (Å²) < 4.78 is 18.9. The second-order valence-corrected chi connectivity index (χ2v) is 5.94. The van der Waals surface area contributed by atoms with Crippen molar-refractivity contribution in [1.29, 1.82) is 0 Å². The molecule has 7 nitrogen and oxygen atoms in total. The molecule has 9 heteroatoms. The average Bonchev–Trinajstić information content (AvgIpc) is 3.14. The quantitative estimate of drug-likeness (QED) is 0.527. The number of halogens is 1. The van der Waals surface area contributed by atoms with E-state index in [1.165, 1.54) is 18.2 Å². The van der Waals surface area contributed by atoms with Crippen LogP contribution in [0.1, 0.15) is 10.4 Å². The van der Waals surface area contributed by atoms with E-state index in [1.807, 2.05) is 30.3 Å². The highest BCUT2D eigenvalue weighted by Crippen LogP contribution is 2.22. The van der Waals surface area contributed by atoms with Crippen LogP contribution in [0.3, 0.4) is 0 Å². The number of aromatic nitrogens is 2. The van der Waals surface area contributed by atoms with Gasteiger partial charge in [-0.3, -0.25) is 20.4 Å². The lowest BCUT2D eigenvalue weighted by molar-refractivity contribution is -0.119. The molecule has 2 amide bonds. The Bertz CT molecular complexity index is 917. The summed E-state index contributed by atoms with van der Waals surface area (Å²) in [6.45, 7) is 0. The van der Waals surface area contributed by atoms with Gasteiger partial charge in [-0.05, 0) is 24.3 Å². The van der Waals surface area contributed by atoms with Gasteiger partial charge in [0.15, 0.2) is 0 Å². The van der Waals surface area contributed by atoms with E-state index in [0.29, 0.717) is 5.89 Å². The first kappa shape index (κ1) is 17.6. The maximum absolute atomic E-state index is 13.5. The number of thioether (sulfide) groups is 1. The monoisotopic (exact) mass is 372 g/mol. The summed E-state index contributed by atoms with van der Waals surface area (Å²) in [4.78, 5) is 23.6. The molecule has 0 fully saturated rings. The van der Waals surface area contributed by atoms with E-state index >= 15 is 0 Å². The third-order valence-electron chi connectivity index (χ3n) is 3.19. The number of benzene rings is 2.